The SMILES string of the molecule is CC.CC.CC.Cc1ccncc1N(c1ccc(C2CC2)cc1)C1CCC(O)CC1. The molecule has 0 atom stereocenters. The maximum Gasteiger partial charge on any atom is 0.0629 e. The van der Waals surface area contributed by atoms with Crippen LogP contribution in [0, 0.1) is 6.92 Å². The van der Waals surface area contributed by atoms with Gasteiger partial charge in [-0.15, -0.1) is 0 Å². The fourth-order valence-electron chi connectivity index (χ4n) is 3.89. The number of rotatable bonds is 4. The van der Waals surface area contributed by atoms with E-state index in [2.05, 4.69) is 47.1 Å². The normalized spacial score (nSPS) is 19.7. The van der Waals surface area contributed by atoms with Gasteiger partial charge in [-0.3, -0.25) is 4.98 Å². The first-order chi connectivity index (χ1) is 14.7. The molecule has 0 unspecified atom stereocenters. The van der Waals surface area contributed by atoms with Gasteiger partial charge in [-0.25, -0.2) is 0 Å². The molecule has 1 aromatic heterocycles. The van der Waals surface area contributed by atoms with E-state index in [9.17, 15) is 5.11 Å². The van der Waals surface area contributed by atoms with Gasteiger partial charge in [0.25, 0.3) is 0 Å². The molecular weight excluding hydrogens is 368 g/mol. The zero-order chi connectivity index (χ0) is 22.5. The highest BCUT2D eigenvalue weighted by Gasteiger charge is 2.28. The minimum absolute atomic E-state index is 0.129. The lowest BCUT2D eigenvalue weighted by atomic mass is 9.91. The number of aliphatic hydroxyl groups excluding tert-OH is 1. The Kier molecular flexibility index (Phi) is 12.4. The van der Waals surface area contributed by atoms with Crippen LogP contribution in [0.5, 0.6) is 0 Å². The van der Waals surface area contributed by atoms with Gasteiger partial charge in [-0.1, -0.05) is 53.7 Å². The summed E-state index contributed by atoms with van der Waals surface area (Å²) in [4.78, 5) is 6.82. The van der Waals surface area contributed by atoms with Gasteiger partial charge >= 0.3 is 0 Å². The van der Waals surface area contributed by atoms with Crippen LogP contribution in [0.15, 0.2) is 42.7 Å². The van der Waals surface area contributed by atoms with E-state index in [1.54, 1.807) is 0 Å². The van der Waals surface area contributed by atoms with Gasteiger partial charge in [0.05, 0.1) is 18.0 Å². The second kappa shape index (κ2) is 14.2. The van der Waals surface area contributed by atoms with Crippen molar-refractivity contribution < 1.29 is 5.11 Å². The number of aromatic nitrogens is 1. The van der Waals surface area contributed by atoms with Crippen LogP contribution < -0.4 is 4.90 Å². The summed E-state index contributed by atoms with van der Waals surface area (Å²) in [5, 5.41) is 9.88. The number of aliphatic hydroxyl groups is 1. The third-order valence-electron chi connectivity index (χ3n) is 5.52. The number of aryl methyl sites for hydroxylation is 1. The fourth-order valence-corrected chi connectivity index (χ4v) is 3.89. The van der Waals surface area contributed by atoms with Crippen LogP contribution in [0.1, 0.15) is 97.1 Å². The minimum Gasteiger partial charge on any atom is -0.393 e. The second-order valence-corrected chi connectivity index (χ2v) is 7.36. The van der Waals surface area contributed by atoms with Crippen molar-refractivity contribution in [2.24, 2.45) is 0 Å². The first-order valence-electron chi connectivity index (χ1n) is 12.2. The number of hydrogen-bond donors (Lipinski definition) is 1. The molecule has 2 fully saturated rings. The second-order valence-electron chi connectivity index (χ2n) is 7.36. The number of pyridine rings is 1. The molecule has 2 saturated carbocycles. The van der Waals surface area contributed by atoms with E-state index in [0.717, 1.165) is 31.6 Å². The average Bonchev–Trinajstić information content (AvgIpc) is 3.67. The standard InChI is InChI=1S/C21H26N2O.3C2H6/c1-15-12-13-22-14-21(15)23(19-8-10-20(24)11-9-19)18-6-4-17(5-7-18)16-2-3-16;3*1-2/h4-7,12-14,16,19-20,24H,2-3,8-11H2,1H3;3*1-2H3. The Balaban J connectivity index is 0.000000691. The zero-order valence-corrected chi connectivity index (χ0v) is 20.4. The zero-order valence-electron chi connectivity index (χ0n) is 20.4. The number of benzene rings is 1. The van der Waals surface area contributed by atoms with Crippen molar-refractivity contribution in [3.63, 3.8) is 0 Å². The molecule has 1 N–H and O–H groups in total. The van der Waals surface area contributed by atoms with E-state index in [4.69, 9.17) is 0 Å². The van der Waals surface area contributed by atoms with Gasteiger partial charge in [0.2, 0.25) is 0 Å². The summed E-state index contributed by atoms with van der Waals surface area (Å²) in [6, 6.07) is 11.6. The minimum atomic E-state index is -0.129. The molecule has 2 aromatic rings. The maximum absolute atomic E-state index is 9.88. The Hall–Kier alpha value is -1.87. The van der Waals surface area contributed by atoms with E-state index in [1.165, 1.54) is 35.3 Å². The molecule has 1 heterocycles. The Morgan fingerprint density at radius 1 is 0.800 bits per heavy atom. The van der Waals surface area contributed by atoms with Crippen LogP contribution in [0.2, 0.25) is 0 Å². The summed E-state index contributed by atoms with van der Waals surface area (Å²) in [6.45, 7) is 14.2. The Morgan fingerprint density at radius 2 is 1.37 bits per heavy atom. The highest BCUT2D eigenvalue weighted by atomic mass is 16.3. The lowest BCUT2D eigenvalue weighted by Crippen LogP contribution is -2.36. The van der Waals surface area contributed by atoms with E-state index in [1.807, 2.05) is 53.9 Å². The molecule has 4 rings (SSSR count). The maximum atomic E-state index is 9.88. The van der Waals surface area contributed by atoms with Crippen molar-refractivity contribution in [2.45, 2.75) is 105 Å². The summed E-state index contributed by atoms with van der Waals surface area (Å²) >= 11 is 0. The average molecular weight is 413 g/mol. The smallest absolute Gasteiger partial charge is 0.0629 e. The van der Waals surface area contributed by atoms with Crippen molar-refractivity contribution in [1.82, 2.24) is 4.98 Å². The highest BCUT2D eigenvalue weighted by Crippen LogP contribution is 2.41. The van der Waals surface area contributed by atoms with E-state index in [0.29, 0.717) is 6.04 Å². The van der Waals surface area contributed by atoms with Crippen LogP contribution in [0.3, 0.4) is 0 Å². The topological polar surface area (TPSA) is 36.4 Å². The molecule has 2 aliphatic carbocycles. The van der Waals surface area contributed by atoms with Crippen molar-refractivity contribution >= 4 is 11.4 Å². The van der Waals surface area contributed by atoms with Gasteiger partial charge in [0.15, 0.2) is 0 Å². The third kappa shape index (κ3) is 7.12. The monoisotopic (exact) mass is 412 g/mol. The summed E-state index contributed by atoms with van der Waals surface area (Å²) in [5.74, 6) is 0.789. The highest BCUT2D eigenvalue weighted by molar-refractivity contribution is 5.66. The third-order valence-corrected chi connectivity index (χ3v) is 5.52. The molecule has 0 spiro atoms. The Bertz CT molecular complexity index is 686. The molecule has 0 bridgehead atoms. The first-order valence-corrected chi connectivity index (χ1v) is 12.2. The lowest BCUT2D eigenvalue weighted by molar-refractivity contribution is 0.123. The van der Waals surface area contributed by atoms with Gasteiger partial charge < -0.3 is 10.0 Å². The molecule has 1 aromatic carbocycles. The fraction of sp³-hybridized carbons (Fsp3) is 0.593. The predicted octanol–water partition coefficient (Wildman–Crippen LogP) is 7.79. The molecule has 0 amide bonds. The lowest BCUT2D eigenvalue weighted by Gasteiger charge is -2.38. The Labute approximate surface area is 185 Å². The van der Waals surface area contributed by atoms with Crippen molar-refractivity contribution in [1.29, 1.82) is 0 Å². The van der Waals surface area contributed by atoms with Crippen LogP contribution in [0.25, 0.3) is 0 Å². The molecular formula is C27H44N2O. The molecule has 2 aliphatic rings. The van der Waals surface area contributed by atoms with Crippen molar-refractivity contribution in [3.05, 3.63) is 53.9 Å². The van der Waals surface area contributed by atoms with E-state index >= 15 is 0 Å². The van der Waals surface area contributed by atoms with Crippen LogP contribution >= 0.6 is 0 Å². The van der Waals surface area contributed by atoms with Crippen LogP contribution in [-0.4, -0.2) is 22.2 Å². The summed E-state index contributed by atoms with van der Waals surface area (Å²) in [6.07, 6.45) is 10.2. The number of hydrogen-bond acceptors (Lipinski definition) is 3. The molecule has 30 heavy (non-hydrogen) atoms. The molecule has 0 aliphatic heterocycles. The summed E-state index contributed by atoms with van der Waals surface area (Å²) in [7, 11) is 0. The van der Waals surface area contributed by atoms with Crippen LogP contribution in [-0.2, 0) is 0 Å². The van der Waals surface area contributed by atoms with Gasteiger partial charge in [0.1, 0.15) is 0 Å². The van der Waals surface area contributed by atoms with E-state index in [-0.39, 0.29) is 6.10 Å². The van der Waals surface area contributed by atoms with Gasteiger partial charge in [-0.2, -0.15) is 0 Å². The first kappa shape index (κ1) is 26.2. The largest absolute Gasteiger partial charge is 0.393 e. The van der Waals surface area contributed by atoms with Crippen LogP contribution in [0.4, 0.5) is 11.4 Å². The summed E-state index contributed by atoms with van der Waals surface area (Å²) in [5.41, 5.74) is 5.16. The molecule has 168 valence electrons. The van der Waals surface area contributed by atoms with Crippen molar-refractivity contribution in [3.8, 4) is 0 Å². The molecule has 3 nitrogen and oxygen atoms in total. The molecule has 3 heteroatoms. The quantitative estimate of drug-likeness (QED) is 0.557. The molecule has 0 radical (unpaired) electrons. The number of anilines is 2. The predicted molar refractivity (Wildman–Crippen MR) is 132 cm³/mol. The Morgan fingerprint density at radius 3 is 1.87 bits per heavy atom. The van der Waals surface area contributed by atoms with E-state index < -0.39 is 0 Å². The summed E-state index contributed by atoms with van der Waals surface area (Å²) < 4.78 is 0. The van der Waals surface area contributed by atoms with Gasteiger partial charge in [0, 0.05) is 17.9 Å². The molecule has 0 saturated heterocycles. The number of nitrogens with zero attached hydrogens (tertiary/aromatic N) is 2. The van der Waals surface area contributed by atoms with Crippen molar-refractivity contribution in [2.75, 3.05) is 4.90 Å². The van der Waals surface area contributed by atoms with Gasteiger partial charge in [-0.05, 0) is 80.7 Å².